The third kappa shape index (κ3) is 3.80. The molecule has 0 aromatic carbocycles. The molecule has 0 aliphatic heterocycles. The zero-order chi connectivity index (χ0) is 20.1. The number of carbonyl (C=O) groups excluding carboxylic acids is 2. The summed E-state index contributed by atoms with van der Waals surface area (Å²) in [5, 5.41) is 23.9. The summed E-state index contributed by atoms with van der Waals surface area (Å²) in [6.07, 6.45) is 2.07. The molecule has 142 valence electrons. The highest BCUT2D eigenvalue weighted by atomic mass is 32.1. The average molecular weight is 395 g/mol. The van der Waals surface area contributed by atoms with Gasteiger partial charge < -0.3 is 9.32 Å². The zero-order valence-electron chi connectivity index (χ0n) is 15.2. The minimum atomic E-state index is -0.503. The van der Waals surface area contributed by atoms with Crippen molar-refractivity contribution < 1.29 is 14.0 Å². The van der Waals surface area contributed by atoms with Gasteiger partial charge in [0.15, 0.2) is 5.76 Å². The van der Waals surface area contributed by atoms with Crippen LogP contribution in [0.2, 0.25) is 0 Å². The van der Waals surface area contributed by atoms with E-state index in [9.17, 15) is 9.59 Å². The number of hydrogen-bond acceptors (Lipinski definition) is 7. The van der Waals surface area contributed by atoms with Crippen LogP contribution in [0.3, 0.4) is 0 Å². The second-order valence-electron chi connectivity index (χ2n) is 6.16. The van der Waals surface area contributed by atoms with E-state index in [1.807, 2.05) is 17.5 Å². The van der Waals surface area contributed by atoms with Crippen LogP contribution in [0.5, 0.6) is 0 Å². The van der Waals surface area contributed by atoms with E-state index in [1.54, 1.807) is 19.1 Å². The van der Waals surface area contributed by atoms with Crippen molar-refractivity contribution in [3.63, 3.8) is 0 Å². The Bertz CT molecular complexity index is 992. The van der Waals surface area contributed by atoms with Crippen LogP contribution in [0.1, 0.15) is 50.0 Å². The number of carbonyl (C=O) groups is 2. The normalized spacial score (nSPS) is 14.0. The molecule has 0 fully saturated rings. The second-order valence-corrected chi connectivity index (χ2v) is 7.11. The number of nitrogens with one attached hydrogen (secondary N) is 1. The molecule has 1 aliphatic rings. The van der Waals surface area contributed by atoms with Crippen LogP contribution in [0.15, 0.2) is 27.0 Å². The van der Waals surface area contributed by atoms with Gasteiger partial charge in [0.25, 0.3) is 11.8 Å². The van der Waals surface area contributed by atoms with Crippen molar-refractivity contribution in [2.45, 2.75) is 26.2 Å². The van der Waals surface area contributed by atoms with E-state index in [1.165, 1.54) is 11.3 Å². The molecule has 28 heavy (non-hydrogen) atoms. The molecule has 2 aromatic heterocycles. The van der Waals surface area contributed by atoms with Crippen LogP contribution < -0.4 is 5.43 Å². The van der Waals surface area contributed by atoms with E-state index in [-0.39, 0.29) is 24.8 Å². The largest absolute Gasteiger partial charge is 0.455 e. The molecule has 2 heterocycles. The number of thiophene rings is 1. The van der Waals surface area contributed by atoms with E-state index in [0.29, 0.717) is 34.8 Å². The third-order valence-electron chi connectivity index (χ3n) is 4.37. The van der Waals surface area contributed by atoms with Crippen molar-refractivity contribution in [3.05, 3.63) is 45.0 Å². The maximum Gasteiger partial charge on any atom is 0.291 e. The highest BCUT2D eigenvalue weighted by molar-refractivity contribution is 7.12. The maximum atomic E-state index is 12.7. The van der Waals surface area contributed by atoms with Crippen LogP contribution in [0.4, 0.5) is 0 Å². The molecule has 2 amide bonds. The molecule has 0 bridgehead atoms. The summed E-state index contributed by atoms with van der Waals surface area (Å²) in [5.74, 6) is -0.0574. The molecule has 0 spiro atoms. The Balaban J connectivity index is 1.89. The van der Waals surface area contributed by atoms with Crippen molar-refractivity contribution in [3.8, 4) is 12.1 Å². The van der Waals surface area contributed by atoms with Crippen LogP contribution in [0.25, 0.3) is 0 Å². The highest BCUT2D eigenvalue weighted by Crippen LogP contribution is 2.30. The molecule has 2 aromatic rings. The van der Waals surface area contributed by atoms with E-state index >= 15 is 0 Å². The summed E-state index contributed by atoms with van der Waals surface area (Å²) in [7, 11) is 0. The monoisotopic (exact) mass is 395 g/mol. The molecule has 0 atom stereocenters. The number of aryl methyl sites for hydroxylation is 1. The number of fused-ring (bicyclic) bond motifs is 1. The van der Waals surface area contributed by atoms with Crippen molar-refractivity contribution in [1.82, 2.24) is 10.3 Å². The summed E-state index contributed by atoms with van der Waals surface area (Å²) in [4.78, 5) is 26.5. The lowest BCUT2D eigenvalue weighted by molar-refractivity contribution is 0.0760. The standard InChI is InChI=1S/C19H17N5O3S/c1-12-16-13(22-23-18(25)15-6-3-11-28-15)4-2-5-14(16)27-17(12)19(26)24(9-7-20)10-8-21/h3,6,11H,2,4-5,9-10H2,1H3,(H,23,25)/b22-13+. The van der Waals surface area contributed by atoms with Crippen molar-refractivity contribution in [2.24, 2.45) is 5.10 Å². The number of hydrogen-bond donors (Lipinski definition) is 1. The SMILES string of the molecule is Cc1c(C(=O)N(CC#N)CC#N)oc2c1/C(=N/NC(=O)c1cccs1)CCC2. The van der Waals surface area contributed by atoms with Crippen molar-refractivity contribution in [1.29, 1.82) is 10.5 Å². The number of furan rings is 1. The first kappa shape index (κ1) is 19.3. The Morgan fingerprint density at radius 1 is 1.32 bits per heavy atom. The lowest BCUT2D eigenvalue weighted by Crippen LogP contribution is -2.32. The Labute approximate surface area is 165 Å². The van der Waals surface area contributed by atoms with E-state index in [2.05, 4.69) is 10.5 Å². The fourth-order valence-corrected chi connectivity index (χ4v) is 3.69. The first-order valence-electron chi connectivity index (χ1n) is 8.63. The third-order valence-corrected chi connectivity index (χ3v) is 5.24. The molecule has 3 rings (SSSR count). The summed E-state index contributed by atoms with van der Waals surface area (Å²) in [6, 6.07) is 7.27. The molecule has 0 unspecified atom stereocenters. The quantitative estimate of drug-likeness (QED) is 0.616. The fourth-order valence-electron chi connectivity index (χ4n) is 3.08. The van der Waals surface area contributed by atoms with Gasteiger partial charge >= 0.3 is 0 Å². The Hall–Kier alpha value is -3.43. The molecular formula is C19H17N5O3S. The van der Waals surface area contributed by atoms with Crippen LogP contribution in [-0.4, -0.2) is 35.5 Å². The fraction of sp³-hybridized carbons (Fsp3) is 0.316. The molecule has 1 N–H and O–H groups in total. The molecule has 9 heteroatoms. The number of nitriles is 2. The van der Waals surface area contributed by atoms with Crippen molar-refractivity contribution in [2.75, 3.05) is 13.1 Å². The molecule has 0 saturated heterocycles. The Morgan fingerprint density at radius 2 is 2.07 bits per heavy atom. The summed E-state index contributed by atoms with van der Waals surface area (Å²) in [6.45, 7) is 1.35. The van der Waals surface area contributed by atoms with Gasteiger partial charge in [0.1, 0.15) is 18.8 Å². The number of amides is 2. The average Bonchev–Trinajstić information content (AvgIpc) is 3.34. The van der Waals surface area contributed by atoms with Crippen LogP contribution in [0, 0.1) is 29.6 Å². The number of rotatable bonds is 5. The van der Waals surface area contributed by atoms with Gasteiger partial charge in [-0.05, 0) is 31.2 Å². The minimum absolute atomic E-state index is 0.106. The number of hydrazone groups is 1. The Morgan fingerprint density at radius 3 is 2.71 bits per heavy atom. The van der Waals surface area contributed by atoms with Crippen molar-refractivity contribution >= 4 is 28.9 Å². The van der Waals surface area contributed by atoms with Gasteiger partial charge in [-0.25, -0.2) is 5.43 Å². The minimum Gasteiger partial charge on any atom is -0.455 e. The van der Waals surface area contributed by atoms with Gasteiger partial charge in [0.05, 0.1) is 22.7 Å². The number of nitrogens with zero attached hydrogens (tertiary/aromatic N) is 4. The molecule has 0 radical (unpaired) electrons. The second kappa shape index (κ2) is 8.51. The summed E-state index contributed by atoms with van der Waals surface area (Å²) in [5.41, 5.74) is 4.53. The molecule has 8 nitrogen and oxygen atoms in total. The molecule has 1 aliphatic carbocycles. The van der Waals surface area contributed by atoms with E-state index in [4.69, 9.17) is 14.9 Å². The lowest BCUT2D eigenvalue weighted by atomic mass is 9.93. The highest BCUT2D eigenvalue weighted by Gasteiger charge is 2.30. The van der Waals surface area contributed by atoms with Gasteiger partial charge in [-0.15, -0.1) is 11.3 Å². The maximum absolute atomic E-state index is 12.7. The first-order valence-corrected chi connectivity index (χ1v) is 9.51. The van der Waals surface area contributed by atoms with Gasteiger partial charge in [-0.2, -0.15) is 15.6 Å². The van der Waals surface area contributed by atoms with Gasteiger partial charge in [0, 0.05) is 17.5 Å². The van der Waals surface area contributed by atoms with E-state index < -0.39 is 5.91 Å². The van der Waals surface area contributed by atoms with Gasteiger partial charge in [-0.1, -0.05) is 6.07 Å². The summed E-state index contributed by atoms with van der Waals surface area (Å²) >= 11 is 1.32. The van der Waals surface area contributed by atoms with E-state index in [0.717, 1.165) is 16.9 Å². The summed E-state index contributed by atoms with van der Waals surface area (Å²) < 4.78 is 5.78. The van der Waals surface area contributed by atoms with Gasteiger partial charge in [-0.3, -0.25) is 9.59 Å². The molecular weight excluding hydrogens is 378 g/mol. The Kier molecular flexibility index (Phi) is 5.87. The molecule has 0 saturated carbocycles. The lowest BCUT2D eigenvalue weighted by Gasteiger charge is -2.14. The van der Waals surface area contributed by atoms with Crippen LogP contribution in [-0.2, 0) is 6.42 Å². The van der Waals surface area contributed by atoms with Crippen LogP contribution >= 0.6 is 11.3 Å². The smallest absolute Gasteiger partial charge is 0.291 e. The predicted octanol–water partition coefficient (Wildman–Crippen LogP) is 2.61. The topological polar surface area (TPSA) is 122 Å². The predicted molar refractivity (Wildman–Crippen MR) is 102 cm³/mol. The first-order chi connectivity index (χ1) is 13.6. The van der Waals surface area contributed by atoms with Gasteiger partial charge in [0.2, 0.25) is 0 Å². The zero-order valence-corrected chi connectivity index (χ0v) is 16.0.